The lowest BCUT2D eigenvalue weighted by Gasteiger charge is -2.16. The Kier molecular flexibility index (Phi) is 4.27. The van der Waals surface area contributed by atoms with Gasteiger partial charge in [0.2, 0.25) is 5.91 Å². The fraction of sp³-hybridized carbons (Fsp3) is 0.250. The number of carbonyl (C=O) groups excluding carboxylic acids is 1. The van der Waals surface area contributed by atoms with Crippen molar-refractivity contribution in [3.8, 4) is 0 Å². The number of nitrogens with zero attached hydrogens (tertiary/aromatic N) is 1. The van der Waals surface area contributed by atoms with Crippen LogP contribution in [0.25, 0.3) is 0 Å². The van der Waals surface area contributed by atoms with Crippen molar-refractivity contribution in [3.05, 3.63) is 57.8 Å². The van der Waals surface area contributed by atoms with Crippen LogP contribution in [0.3, 0.4) is 0 Å². The van der Waals surface area contributed by atoms with Crippen LogP contribution in [0, 0.1) is 5.92 Å². The third-order valence-electron chi connectivity index (χ3n) is 3.60. The molecule has 21 heavy (non-hydrogen) atoms. The summed E-state index contributed by atoms with van der Waals surface area (Å²) in [6.45, 7) is 0. The molecule has 1 aliphatic rings. The van der Waals surface area contributed by atoms with Crippen molar-refractivity contribution in [2.24, 2.45) is 5.92 Å². The molecular formula is C16H14BrClN2O. The van der Waals surface area contributed by atoms with Gasteiger partial charge in [-0.05, 0) is 64.5 Å². The lowest BCUT2D eigenvalue weighted by atomic mass is 9.93. The summed E-state index contributed by atoms with van der Waals surface area (Å²) >= 11 is 9.20. The summed E-state index contributed by atoms with van der Waals surface area (Å²) in [5.41, 5.74) is 1.73. The van der Waals surface area contributed by atoms with E-state index in [9.17, 15) is 4.79 Å². The van der Waals surface area contributed by atoms with Gasteiger partial charge >= 0.3 is 0 Å². The number of amides is 1. The van der Waals surface area contributed by atoms with Crippen LogP contribution in [-0.2, 0) is 4.79 Å². The first kappa shape index (κ1) is 14.5. The highest BCUT2D eigenvalue weighted by atomic mass is 79.9. The molecule has 1 heterocycles. The first-order valence-electron chi connectivity index (χ1n) is 6.81. The molecule has 1 aromatic heterocycles. The summed E-state index contributed by atoms with van der Waals surface area (Å²) in [7, 11) is 0. The van der Waals surface area contributed by atoms with E-state index in [0.717, 1.165) is 23.0 Å². The maximum Gasteiger partial charge on any atom is 0.232 e. The number of pyridine rings is 1. The number of nitrogens with one attached hydrogen (secondary N) is 1. The van der Waals surface area contributed by atoms with E-state index in [1.165, 1.54) is 0 Å². The van der Waals surface area contributed by atoms with Crippen LogP contribution in [0.15, 0.2) is 47.2 Å². The summed E-state index contributed by atoms with van der Waals surface area (Å²) in [5.74, 6) is 0.324. The van der Waals surface area contributed by atoms with Crippen molar-refractivity contribution in [2.45, 2.75) is 18.8 Å². The number of halogens is 2. The van der Waals surface area contributed by atoms with E-state index in [4.69, 9.17) is 11.6 Å². The molecule has 0 radical (unpaired) electrons. The highest BCUT2D eigenvalue weighted by Crippen LogP contribution is 2.43. The number of hydrogen-bond donors (Lipinski definition) is 1. The monoisotopic (exact) mass is 364 g/mol. The van der Waals surface area contributed by atoms with Gasteiger partial charge in [-0.3, -0.25) is 4.79 Å². The highest BCUT2D eigenvalue weighted by molar-refractivity contribution is 9.10. The molecule has 1 atom stereocenters. The van der Waals surface area contributed by atoms with Gasteiger partial charge in [-0.15, -0.1) is 0 Å². The second kappa shape index (κ2) is 6.16. The summed E-state index contributed by atoms with van der Waals surface area (Å²) < 4.78 is 0.747. The quantitative estimate of drug-likeness (QED) is 0.803. The first-order valence-corrected chi connectivity index (χ1v) is 7.98. The van der Waals surface area contributed by atoms with Crippen LogP contribution in [0.2, 0.25) is 5.02 Å². The maximum atomic E-state index is 12.6. The van der Waals surface area contributed by atoms with Gasteiger partial charge in [0.1, 0.15) is 4.60 Å². The second-order valence-corrected chi connectivity index (χ2v) is 6.47. The number of benzene rings is 1. The highest BCUT2D eigenvalue weighted by Gasteiger charge is 2.37. The van der Waals surface area contributed by atoms with E-state index in [0.29, 0.717) is 16.6 Å². The van der Waals surface area contributed by atoms with E-state index in [1.807, 2.05) is 36.4 Å². The topological polar surface area (TPSA) is 42.0 Å². The molecule has 0 spiro atoms. The van der Waals surface area contributed by atoms with Gasteiger partial charge in [0, 0.05) is 5.02 Å². The number of anilines is 1. The Morgan fingerprint density at radius 3 is 2.52 bits per heavy atom. The standard InChI is InChI=1S/C16H14BrClN2O/c17-14-8-7-13(9-19-14)20-16(21)15(10-1-2-10)11-3-5-12(18)6-4-11/h3-10,15H,1-2H2,(H,20,21). The zero-order valence-corrected chi connectivity index (χ0v) is 13.6. The van der Waals surface area contributed by atoms with Gasteiger partial charge in [-0.25, -0.2) is 4.98 Å². The Morgan fingerprint density at radius 2 is 1.95 bits per heavy atom. The van der Waals surface area contributed by atoms with E-state index >= 15 is 0 Å². The van der Waals surface area contributed by atoms with E-state index < -0.39 is 0 Å². The smallest absolute Gasteiger partial charge is 0.232 e. The fourth-order valence-corrected chi connectivity index (χ4v) is 2.77. The molecule has 1 N–H and O–H groups in total. The summed E-state index contributed by atoms with van der Waals surface area (Å²) in [5, 5.41) is 3.63. The van der Waals surface area contributed by atoms with Crippen LogP contribution in [-0.4, -0.2) is 10.9 Å². The van der Waals surface area contributed by atoms with Gasteiger partial charge in [0.15, 0.2) is 0 Å². The van der Waals surface area contributed by atoms with Crippen molar-refractivity contribution in [2.75, 3.05) is 5.32 Å². The molecule has 5 heteroatoms. The van der Waals surface area contributed by atoms with Crippen molar-refractivity contribution in [1.82, 2.24) is 4.98 Å². The van der Waals surface area contributed by atoms with E-state index in [1.54, 1.807) is 6.20 Å². The maximum absolute atomic E-state index is 12.6. The molecule has 3 rings (SSSR count). The fourth-order valence-electron chi connectivity index (χ4n) is 2.41. The molecule has 1 amide bonds. The molecular weight excluding hydrogens is 352 g/mol. The lowest BCUT2D eigenvalue weighted by molar-refractivity contribution is -0.118. The lowest BCUT2D eigenvalue weighted by Crippen LogP contribution is -2.22. The van der Waals surface area contributed by atoms with E-state index in [2.05, 4.69) is 26.2 Å². The summed E-state index contributed by atoms with van der Waals surface area (Å²) in [6.07, 6.45) is 3.84. The van der Waals surface area contributed by atoms with Crippen molar-refractivity contribution in [1.29, 1.82) is 0 Å². The summed E-state index contributed by atoms with van der Waals surface area (Å²) in [6, 6.07) is 11.2. The largest absolute Gasteiger partial charge is 0.324 e. The average Bonchev–Trinajstić information content (AvgIpc) is 3.29. The zero-order chi connectivity index (χ0) is 14.8. The van der Waals surface area contributed by atoms with Crippen LogP contribution < -0.4 is 5.32 Å². The molecule has 0 bridgehead atoms. The van der Waals surface area contributed by atoms with Crippen LogP contribution in [0.1, 0.15) is 24.3 Å². The Bertz CT molecular complexity index is 638. The molecule has 3 nitrogen and oxygen atoms in total. The van der Waals surface area contributed by atoms with Gasteiger partial charge in [-0.1, -0.05) is 23.7 Å². The molecule has 2 aromatic rings. The van der Waals surface area contributed by atoms with Gasteiger partial charge in [0.25, 0.3) is 0 Å². The Balaban J connectivity index is 1.79. The minimum Gasteiger partial charge on any atom is -0.324 e. The molecule has 0 saturated heterocycles. The Morgan fingerprint density at radius 1 is 1.24 bits per heavy atom. The van der Waals surface area contributed by atoms with Gasteiger partial charge < -0.3 is 5.32 Å². The third-order valence-corrected chi connectivity index (χ3v) is 4.32. The normalized spacial score (nSPS) is 15.5. The van der Waals surface area contributed by atoms with Crippen molar-refractivity contribution < 1.29 is 4.79 Å². The number of carbonyl (C=O) groups is 1. The number of hydrogen-bond acceptors (Lipinski definition) is 2. The van der Waals surface area contributed by atoms with E-state index in [-0.39, 0.29) is 11.8 Å². The van der Waals surface area contributed by atoms with Gasteiger partial charge in [0.05, 0.1) is 17.8 Å². The Labute approximate surface area is 136 Å². The predicted molar refractivity (Wildman–Crippen MR) is 87.5 cm³/mol. The molecule has 1 aliphatic carbocycles. The molecule has 1 unspecified atom stereocenters. The minimum atomic E-state index is -0.120. The van der Waals surface area contributed by atoms with Crippen LogP contribution in [0.4, 0.5) is 5.69 Å². The first-order chi connectivity index (χ1) is 10.1. The Hall–Kier alpha value is -1.39. The van der Waals surface area contributed by atoms with Crippen LogP contribution >= 0.6 is 27.5 Å². The summed E-state index contributed by atoms with van der Waals surface area (Å²) in [4.78, 5) is 16.7. The molecule has 1 saturated carbocycles. The predicted octanol–water partition coefficient (Wildman–Crippen LogP) is 4.63. The van der Waals surface area contributed by atoms with Gasteiger partial charge in [-0.2, -0.15) is 0 Å². The van der Waals surface area contributed by atoms with Crippen molar-refractivity contribution >= 4 is 39.1 Å². The third kappa shape index (κ3) is 3.63. The minimum absolute atomic E-state index is 0.0175. The zero-order valence-electron chi connectivity index (χ0n) is 11.2. The molecule has 108 valence electrons. The van der Waals surface area contributed by atoms with Crippen molar-refractivity contribution in [3.63, 3.8) is 0 Å². The number of aromatic nitrogens is 1. The SMILES string of the molecule is O=C(Nc1ccc(Br)nc1)C(c1ccc(Cl)cc1)C1CC1. The second-order valence-electron chi connectivity index (χ2n) is 5.23. The molecule has 1 aromatic carbocycles. The number of rotatable bonds is 4. The molecule has 1 fully saturated rings. The molecule has 0 aliphatic heterocycles. The van der Waals surface area contributed by atoms with Crippen LogP contribution in [0.5, 0.6) is 0 Å². The average molecular weight is 366 g/mol.